The minimum absolute atomic E-state index is 0.218. The number of benzene rings is 1. The molecule has 0 bridgehead atoms. The first kappa shape index (κ1) is 16.0. The number of carbonyl (C=O) groups excluding carboxylic acids is 1. The first-order valence-electron chi connectivity index (χ1n) is 6.68. The number of thioether (sulfide) groups is 1. The second-order valence-corrected chi connectivity index (χ2v) is 8.03. The normalized spacial score (nSPS) is 11.4. The molecule has 112 valence electrons. The minimum atomic E-state index is -0.305. The molecule has 1 aromatic carbocycles. The molecule has 0 saturated carbocycles. The molecule has 0 saturated heterocycles. The fourth-order valence-electron chi connectivity index (χ4n) is 1.51. The third kappa shape index (κ3) is 4.82. The van der Waals surface area contributed by atoms with Gasteiger partial charge in [-0.15, -0.1) is 10.2 Å². The predicted octanol–water partition coefficient (Wildman–Crippen LogP) is 4.30. The first-order chi connectivity index (χ1) is 9.84. The van der Waals surface area contributed by atoms with Crippen LogP contribution >= 0.6 is 23.1 Å². The van der Waals surface area contributed by atoms with Crippen molar-refractivity contribution in [2.45, 2.75) is 32.0 Å². The van der Waals surface area contributed by atoms with Gasteiger partial charge in [-0.2, -0.15) is 0 Å². The molecule has 0 aliphatic carbocycles. The molecule has 21 heavy (non-hydrogen) atoms. The van der Waals surface area contributed by atoms with Crippen LogP contribution in [0.25, 0.3) is 0 Å². The van der Waals surface area contributed by atoms with Crippen LogP contribution in [0.2, 0.25) is 0 Å². The van der Waals surface area contributed by atoms with Crippen molar-refractivity contribution in [3.63, 3.8) is 0 Å². The number of anilines is 2. The van der Waals surface area contributed by atoms with Gasteiger partial charge in [0.05, 0.1) is 5.75 Å². The molecule has 0 radical (unpaired) electrons. The van der Waals surface area contributed by atoms with E-state index in [4.69, 9.17) is 0 Å². The van der Waals surface area contributed by atoms with E-state index in [0.717, 1.165) is 15.2 Å². The Morgan fingerprint density at radius 1 is 1.33 bits per heavy atom. The Kier molecular flexibility index (Phi) is 5.00. The van der Waals surface area contributed by atoms with Gasteiger partial charge in [0.15, 0.2) is 4.34 Å². The lowest BCUT2D eigenvalue weighted by molar-refractivity contribution is -0.123. The molecular weight excluding hydrogens is 302 g/mol. The largest absolute Gasteiger partial charge is 0.330 e. The standard InChI is InChI=1S/C15H19N3OS2/c1-10-6-5-7-11(8-10)16-13-17-18-14(21-13)20-9-12(19)15(2,3)4/h5-8H,9H2,1-4H3,(H,16,17). The summed E-state index contributed by atoms with van der Waals surface area (Å²) in [5.74, 6) is 0.652. The summed E-state index contributed by atoms with van der Waals surface area (Å²) in [5, 5.41) is 12.2. The fourth-order valence-corrected chi connectivity index (χ4v) is 3.44. The average Bonchev–Trinajstić information content (AvgIpc) is 2.82. The van der Waals surface area contributed by atoms with Gasteiger partial charge in [-0.3, -0.25) is 4.79 Å². The van der Waals surface area contributed by atoms with Gasteiger partial charge in [0.2, 0.25) is 5.13 Å². The van der Waals surface area contributed by atoms with E-state index in [2.05, 4.69) is 21.6 Å². The van der Waals surface area contributed by atoms with E-state index in [0.29, 0.717) is 5.75 Å². The monoisotopic (exact) mass is 321 g/mol. The van der Waals surface area contributed by atoms with Crippen molar-refractivity contribution in [2.75, 3.05) is 11.1 Å². The van der Waals surface area contributed by atoms with Crippen LogP contribution in [0.1, 0.15) is 26.3 Å². The van der Waals surface area contributed by atoms with Gasteiger partial charge < -0.3 is 5.32 Å². The smallest absolute Gasteiger partial charge is 0.210 e. The number of Topliss-reactive ketones (excluding diaryl/α,β-unsaturated/α-hetero) is 1. The number of rotatable bonds is 5. The second-order valence-electron chi connectivity index (χ2n) is 5.83. The maximum Gasteiger partial charge on any atom is 0.210 e. The van der Waals surface area contributed by atoms with Crippen molar-refractivity contribution < 1.29 is 4.79 Å². The van der Waals surface area contributed by atoms with E-state index in [9.17, 15) is 4.79 Å². The molecule has 2 aromatic rings. The summed E-state index contributed by atoms with van der Waals surface area (Å²) < 4.78 is 0.808. The summed E-state index contributed by atoms with van der Waals surface area (Å²) in [7, 11) is 0. The molecule has 2 rings (SSSR count). The number of hydrogen-bond donors (Lipinski definition) is 1. The number of aryl methyl sites for hydroxylation is 1. The number of ketones is 1. The van der Waals surface area contributed by atoms with E-state index in [1.54, 1.807) is 0 Å². The molecule has 6 heteroatoms. The maximum atomic E-state index is 11.9. The van der Waals surface area contributed by atoms with E-state index in [1.165, 1.54) is 28.7 Å². The Morgan fingerprint density at radius 3 is 2.76 bits per heavy atom. The summed E-state index contributed by atoms with van der Waals surface area (Å²) in [6.45, 7) is 7.84. The van der Waals surface area contributed by atoms with Gasteiger partial charge >= 0.3 is 0 Å². The van der Waals surface area contributed by atoms with E-state index in [-0.39, 0.29) is 11.2 Å². The van der Waals surface area contributed by atoms with Crippen LogP contribution in [0, 0.1) is 12.3 Å². The molecular formula is C15H19N3OS2. The van der Waals surface area contributed by atoms with E-state index < -0.39 is 0 Å². The first-order valence-corrected chi connectivity index (χ1v) is 8.48. The topological polar surface area (TPSA) is 54.9 Å². The lowest BCUT2D eigenvalue weighted by Gasteiger charge is -2.15. The maximum absolute atomic E-state index is 11.9. The van der Waals surface area contributed by atoms with Crippen LogP contribution in [-0.4, -0.2) is 21.7 Å². The van der Waals surface area contributed by atoms with Gasteiger partial charge in [-0.1, -0.05) is 56.0 Å². The van der Waals surface area contributed by atoms with Crippen molar-refractivity contribution in [1.29, 1.82) is 0 Å². The highest BCUT2D eigenvalue weighted by molar-refractivity contribution is 8.01. The lowest BCUT2D eigenvalue weighted by atomic mass is 9.92. The van der Waals surface area contributed by atoms with Crippen LogP contribution in [0.4, 0.5) is 10.8 Å². The van der Waals surface area contributed by atoms with Crippen LogP contribution in [0.5, 0.6) is 0 Å². The fraction of sp³-hybridized carbons (Fsp3) is 0.400. The zero-order chi connectivity index (χ0) is 15.5. The van der Waals surface area contributed by atoms with Crippen molar-refractivity contribution >= 4 is 39.7 Å². The summed E-state index contributed by atoms with van der Waals surface area (Å²) >= 11 is 2.91. The second kappa shape index (κ2) is 6.58. The zero-order valence-electron chi connectivity index (χ0n) is 12.6. The van der Waals surface area contributed by atoms with Crippen LogP contribution in [0.15, 0.2) is 28.6 Å². The molecule has 0 unspecified atom stereocenters. The third-order valence-electron chi connectivity index (χ3n) is 2.84. The molecule has 0 spiro atoms. The Hall–Kier alpha value is -1.40. The van der Waals surface area contributed by atoms with Gasteiger partial charge in [0.1, 0.15) is 5.78 Å². The molecule has 0 aliphatic rings. The molecule has 0 amide bonds. The highest BCUT2D eigenvalue weighted by Gasteiger charge is 2.21. The number of aromatic nitrogens is 2. The molecule has 0 atom stereocenters. The third-order valence-corrected chi connectivity index (χ3v) is 4.81. The molecule has 4 nitrogen and oxygen atoms in total. The van der Waals surface area contributed by atoms with Crippen molar-refractivity contribution in [3.8, 4) is 0 Å². The highest BCUT2D eigenvalue weighted by Crippen LogP contribution is 2.29. The zero-order valence-corrected chi connectivity index (χ0v) is 14.3. The Bertz CT molecular complexity index is 632. The van der Waals surface area contributed by atoms with Crippen molar-refractivity contribution in [1.82, 2.24) is 10.2 Å². The summed E-state index contributed by atoms with van der Waals surface area (Å²) in [6.07, 6.45) is 0. The molecule has 1 aromatic heterocycles. The van der Waals surface area contributed by atoms with Gasteiger partial charge in [0, 0.05) is 11.1 Å². The minimum Gasteiger partial charge on any atom is -0.330 e. The Balaban J connectivity index is 1.94. The van der Waals surface area contributed by atoms with Crippen LogP contribution < -0.4 is 5.32 Å². The molecule has 0 fully saturated rings. The summed E-state index contributed by atoms with van der Waals surface area (Å²) in [4.78, 5) is 11.9. The van der Waals surface area contributed by atoms with Crippen molar-refractivity contribution in [2.24, 2.45) is 5.41 Å². The molecule has 1 N–H and O–H groups in total. The van der Waals surface area contributed by atoms with E-state index in [1.807, 2.05) is 45.9 Å². The van der Waals surface area contributed by atoms with Crippen LogP contribution in [-0.2, 0) is 4.79 Å². The lowest BCUT2D eigenvalue weighted by Crippen LogP contribution is -2.21. The Labute approximate surface area is 133 Å². The summed E-state index contributed by atoms with van der Waals surface area (Å²) in [5.41, 5.74) is 1.88. The number of nitrogens with zero attached hydrogens (tertiary/aromatic N) is 2. The Morgan fingerprint density at radius 2 is 2.10 bits per heavy atom. The summed E-state index contributed by atoms with van der Waals surface area (Å²) in [6, 6.07) is 8.09. The van der Waals surface area contributed by atoms with Gasteiger partial charge in [0.25, 0.3) is 0 Å². The quantitative estimate of drug-likeness (QED) is 0.832. The highest BCUT2D eigenvalue weighted by atomic mass is 32.2. The van der Waals surface area contributed by atoms with Gasteiger partial charge in [-0.05, 0) is 24.6 Å². The molecule has 0 aliphatic heterocycles. The van der Waals surface area contributed by atoms with Gasteiger partial charge in [-0.25, -0.2) is 0 Å². The van der Waals surface area contributed by atoms with Crippen LogP contribution in [0.3, 0.4) is 0 Å². The number of carbonyl (C=O) groups is 1. The number of nitrogens with one attached hydrogen (secondary N) is 1. The predicted molar refractivity (Wildman–Crippen MR) is 89.6 cm³/mol. The SMILES string of the molecule is Cc1cccc(Nc2nnc(SCC(=O)C(C)(C)C)s2)c1. The molecule has 1 heterocycles. The van der Waals surface area contributed by atoms with E-state index >= 15 is 0 Å². The number of hydrogen-bond acceptors (Lipinski definition) is 6. The average molecular weight is 321 g/mol. The van der Waals surface area contributed by atoms with Crippen molar-refractivity contribution in [3.05, 3.63) is 29.8 Å².